The molecule has 0 saturated carbocycles. The first-order valence-corrected chi connectivity index (χ1v) is 17.0. The number of nitrogens with zero attached hydrogens (tertiary/aromatic N) is 10. The Hall–Kier alpha value is -6.18. The maximum atomic E-state index is 14.3. The number of hydrogen-bond donors (Lipinski definition) is 2. The number of aromatic hydroxyl groups is 1. The van der Waals surface area contributed by atoms with Gasteiger partial charge in [-0.3, -0.25) is 14.4 Å². The van der Waals surface area contributed by atoms with Crippen LogP contribution in [-0.2, 0) is 23.9 Å². The molecule has 0 bridgehead atoms. The molecule has 0 atom stereocenters. The Morgan fingerprint density at radius 2 is 1.78 bits per heavy atom. The van der Waals surface area contributed by atoms with Crippen LogP contribution in [0.1, 0.15) is 40.9 Å². The highest BCUT2D eigenvalue weighted by Gasteiger charge is 2.32. The van der Waals surface area contributed by atoms with E-state index in [1.165, 1.54) is 34.9 Å². The van der Waals surface area contributed by atoms with Crippen LogP contribution in [0.15, 0.2) is 53.7 Å². The van der Waals surface area contributed by atoms with Gasteiger partial charge in [-0.15, -0.1) is 5.10 Å². The lowest BCUT2D eigenvalue weighted by Gasteiger charge is -2.36. The first-order chi connectivity index (χ1) is 26.1. The van der Waals surface area contributed by atoms with E-state index in [4.69, 9.17) is 11.6 Å². The van der Waals surface area contributed by atoms with Gasteiger partial charge >= 0.3 is 12.7 Å². The first-order valence-electron chi connectivity index (χ1n) is 16.7. The average Bonchev–Trinajstić information content (AvgIpc) is 3.80. The Bertz CT molecular complexity index is 2550. The lowest BCUT2D eigenvalue weighted by Crippen LogP contribution is -2.51. The molecule has 1 aliphatic rings. The summed E-state index contributed by atoms with van der Waals surface area (Å²) in [6, 6.07) is 7.06. The van der Waals surface area contributed by atoms with Gasteiger partial charge in [-0.2, -0.15) is 36.6 Å². The predicted octanol–water partition coefficient (Wildman–Crippen LogP) is 4.94. The Morgan fingerprint density at radius 3 is 2.45 bits per heavy atom. The van der Waals surface area contributed by atoms with Gasteiger partial charge in [0.1, 0.15) is 18.6 Å². The fourth-order valence-electron chi connectivity index (χ4n) is 6.37. The zero-order valence-electron chi connectivity index (χ0n) is 28.9. The number of nitrogens with one attached hydrogen (secondary N) is 1. The molecule has 7 rings (SSSR count). The van der Waals surface area contributed by atoms with Crippen LogP contribution in [0.3, 0.4) is 0 Å². The van der Waals surface area contributed by atoms with Crippen LogP contribution in [0.2, 0.25) is 5.02 Å². The van der Waals surface area contributed by atoms with Gasteiger partial charge in [-0.1, -0.05) is 18.5 Å². The number of benzene rings is 2. The van der Waals surface area contributed by atoms with E-state index in [9.17, 15) is 41.4 Å². The Morgan fingerprint density at radius 1 is 1.04 bits per heavy atom. The molecule has 6 aromatic rings. The Balaban J connectivity index is 1.27. The molecular formula is C34H29ClF5N11O4. The molecule has 286 valence electrons. The number of aryl methyl sites for hydroxylation is 1. The van der Waals surface area contributed by atoms with Crippen LogP contribution in [0.4, 0.5) is 33.3 Å². The fraction of sp³-hybridized carbons (Fsp3) is 0.294. The molecule has 2 N–H and O–H groups in total. The van der Waals surface area contributed by atoms with Crippen molar-refractivity contribution in [2.24, 2.45) is 0 Å². The smallest absolute Gasteiger partial charge is 0.416 e. The number of anilines is 2. The van der Waals surface area contributed by atoms with Crippen molar-refractivity contribution in [3.05, 3.63) is 86.9 Å². The Kier molecular flexibility index (Phi) is 9.61. The van der Waals surface area contributed by atoms with E-state index in [-0.39, 0.29) is 83.3 Å². The minimum absolute atomic E-state index is 0.0262. The van der Waals surface area contributed by atoms with Gasteiger partial charge in [-0.25, -0.2) is 14.6 Å². The van der Waals surface area contributed by atoms with Gasteiger partial charge in [0, 0.05) is 43.3 Å². The third-order valence-corrected chi connectivity index (χ3v) is 9.42. The number of amides is 2. The molecule has 15 nitrogen and oxygen atoms in total. The van der Waals surface area contributed by atoms with Gasteiger partial charge in [0.15, 0.2) is 17.3 Å². The van der Waals surface area contributed by atoms with Crippen molar-refractivity contribution >= 4 is 51.5 Å². The molecular weight excluding hydrogens is 757 g/mol. The minimum Gasteiger partial charge on any atom is -0.504 e. The van der Waals surface area contributed by atoms with Crippen molar-refractivity contribution in [3.8, 4) is 17.1 Å². The molecule has 1 fully saturated rings. The maximum absolute atomic E-state index is 14.3. The van der Waals surface area contributed by atoms with E-state index < -0.39 is 42.2 Å². The lowest BCUT2D eigenvalue weighted by molar-refractivity contribution is -0.137. The highest BCUT2D eigenvalue weighted by molar-refractivity contribution is 6.33. The minimum atomic E-state index is -4.66. The van der Waals surface area contributed by atoms with Gasteiger partial charge in [0.05, 0.1) is 33.2 Å². The van der Waals surface area contributed by atoms with Gasteiger partial charge in [0.2, 0.25) is 11.7 Å². The molecule has 2 amide bonds. The molecule has 4 aromatic heterocycles. The maximum Gasteiger partial charge on any atom is 0.416 e. The van der Waals surface area contributed by atoms with Crippen molar-refractivity contribution in [1.29, 1.82) is 0 Å². The molecule has 21 heteroatoms. The van der Waals surface area contributed by atoms with Crippen LogP contribution in [0, 0.1) is 6.92 Å². The molecule has 2 aromatic carbocycles. The number of aromatic nitrogens is 8. The number of halogens is 6. The molecule has 0 unspecified atom stereocenters. The monoisotopic (exact) mass is 785 g/mol. The molecule has 5 heterocycles. The summed E-state index contributed by atoms with van der Waals surface area (Å²) in [5, 5.41) is 21.2. The van der Waals surface area contributed by atoms with Crippen LogP contribution < -0.4 is 15.8 Å². The van der Waals surface area contributed by atoms with E-state index in [0.29, 0.717) is 27.4 Å². The zero-order valence-corrected chi connectivity index (χ0v) is 29.6. The van der Waals surface area contributed by atoms with Crippen LogP contribution in [-0.4, -0.2) is 86.9 Å². The second kappa shape index (κ2) is 14.2. The van der Waals surface area contributed by atoms with Crippen LogP contribution in [0.5, 0.6) is 5.75 Å². The molecule has 1 saturated heterocycles. The first kappa shape index (κ1) is 37.1. The lowest BCUT2D eigenvalue weighted by atomic mass is 10.1. The third kappa shape index (κ3) is 6.99. The van der Waals surface area contributed by atoms with E-state index >= 15 is 0 Å². The number of alkyl halides is 5. The second-order valence-corrected chi connectivity index (χ2v) is 12.9. The van der Waals surface area contributed by atoms with E-state index in [2.05, 4.69) is 30.5 Å². The van der Waals surface area contributed by atoms with Gasteiger partial charge < -0.3 is 24.8 Å². The van der Waals surface area contributed by atoms with Crippen LogP contribution in [0.25, 0.3) is 28.1 Å². The summed E-state index contributed by atoms with van der Waals surface area (Å²) in [4.78, 5) is 56.8. The van der Waals surface area contributed by atoms with Gasteiger partial charge in [-0.05, 0) is 49.7 Å². The van der Waals surface area contributed by atoms with Crippen molar-refractivity contribution in [3.63, 3.8) is 0 Å². The number of piperazine rings is 1. The van der Waals surface area contributed by atoms with E-state index in [1.807, 2.05) is 0 Å². The van der Waals surface area contributed by atoms with E-state index in [1.54, 1.807) is 17.9 Å². The number of fused-ring (bicyclic) bond motifs is 2. The number of rotatable bonds is 8. The number of hydrogen-bond acceptors (Lipinski definition) is 10. The second-order valence-electron chi connectivity index (χ2n) is 12.5. The molecule has 0 spiro atoms. The largest absolute Gasteiger partial charge is 0.504 e. The topological polar surface area (TPSA) is 169 Å². The normalized spacial score (nSPS) is 13.7. The van der Waals surface area contributed by atoms with Crippen LogP contribution >= 0.6 is 11.6 Å². The molecule has 0 aliphatic carbocycles. The quantitative estimate of drug-likeness (QED) is 0.202. The Labute approximate surface area is 311 Å². The fourth-order valence-corrected chi connectivity index (χ4v) is 6.60. The van der Waals surface area contributed by atoms with Crippen molar-refractivity contribution in [2.45, 2.75) is 39.5 Å². The van der Waals surface area contributed by atoms with E-state index in [0.717, 1.165) is 22.8 Å². The number of carbonyl (C=O) groups is 2. The molecule has 55 heavy (non-hydrogen) atoms. The summed E-state index contributed by atoms with van der Waals surface area (Å²) < 4.78 is 69.4. The van der Waals surface area contributed by atoms with Crippen molar-refractivity contribution in [1.82, 2.24) is 43.8 Å². The van der Waals surface area contributed by atoms with Gasteiger partial charge in [0.25, 0.3) is 11.5 Å². The summed E-state index contributed by atoms with van der Waals surface area (Å²) in [7, 11) is 0. The standard InChI is InChI=1S/C34H29ClF5N11O4/c1-3-24-27(47-8-10-48(11-9-47)30(54)26-28(53)17(2)41-16-42-26)31(55)51-33(44-29(46-51)18-4-6-22-19(12-18)14-50(45-22)32(36)37)49(24)15-25(52)43-23-7-5-20(13-21(23)35)34(38,39)40/h4-7,12-14,16,32,53H,3,8-11,15H2,1-2H3,(H,43,52). The summed E-state index contributed by atoms with van der Waals surface area (Å²) in [5.41, 5.74) is -0.445. The summed E-state index contributed by atoms with van der Waals surface area (Å²) >= 11 is 6.11. The third-order valence-electron chi connectivity index (χ3n) is 9.10. The predicted molar refractivity (Wildman–Crippen MR) is 188 cm³/mol. The molecule has 1 aliphatic heterocycles. The number of carbonyl (C=O) groups excluding carboxylic acids is 2. The summed E-state index contributed by atoms with van der Waals surface area (Å²) in [6.07, 6.45) is -2.13. The zero-order chi connectivity index (χ0) is 39.3. The summed E-state index contributed by atoms with van der Waals surface area (Å²) in [6.45, 7) is 0.500. The highest BCUT2D eigenvalue weighted by atomic mass is 35.5. The highest BCUT2D eigenvalue weighted by Crippen LogP contribution is 2.34. The summed E-state index contributed by atoms with van der Waals surface area (Å²) in [5.74, 6) is -1.61. The average molecular weight is 786 g/mol. The van der Waals surface area contributed by atoms with Crippen molar-refractivity contribution < 1.29 is 36.6 Å². The SMILES string of the molecule is CCc1c(N2CCN(C(=O)c3ncnc(C)c3O)CC2)c(=O)n2nc(-c3ccc4nn(C(F)F)cc4c3)nc2n1CC(=O)Nc1ccc(C(F)(F)F)cc1Cl. The van der Waals surface area contributed by atoms with Crippen molar-refractivity contribution in [2.75, 3.05) is 36.4 Å². The molecule has 0 radical (unpaired) electrons.